The van der Waals surface area contributed by atoms with Crippen molar-refractivity contribution >= 4 is 0 Å². The van der Waals surface area contributed by atoms with E-state index in [2.05, 4.69) is 182 Å². The Bertz CT molecular complexity index is 1870. The van der Waals surface area contributed by atoms with Gasteiger partial charge < -0.3 is 0 Å². The standard InChI is InChI=1S/2C19H16.6CN.2Cu.Fe/c2*1-4-10-16(11-5-1)19(17-12-6-2-7-13-17)18-14-8-3-9-15-18;6*1-2;;;/h2*1-15,19H;;;;;;;;;/q;;;;;;;;2*+2;-4. The van der Waals surface area contributed by atoms with Crippen LogP contribution in [-0.4, -0.2) is 0 Å². The van der Waals surface area contributed by atoms with Crippen molar-refractivity contribution in [1.29, 1.82) is 31.6 Å². The summed E-state index contributed by atoms with van der Waals surface area (Å²) in [5.41, 5.74) is 8.00. The first kappa shape index (κ1) is 43.0. The summed E-state index contributed by atoms with van der Waals surface area (Å²) in [5, 5.41) is 51.5. The second-order valence-electron chi connectivity index (χ2n) is 11.1. The summed E-state index contributed by atoms with van der Waals surface area (Å²) in [4.78, 5) is 6.19. The minimum absolute atomic E-state index is 0. The molecule has 6 rings (SSSR count). The molecule has 0 aliphatic carbocycles. The van der Waals surface area contributed by atoms with Gasteiger partial charge in [-0.15, -0.1) is 0 Å². The fourth-order valence-electron chi connectivity index (χ4n) is 5.29. The topological polar surface area (TPSA) is 143 Å². The van der Waals surface area contributed by atoms with Crippen LogP contribution in [0.4, 0.5) is 0 Å². The Morgan fingerprint density at radius 1 is 0.264 bits per heavy atom. The maximum atomic E-state index is 8.58. The van der Waals surface area contributed by atoms with E-state index < -0.39 is 10.7 Å². The second kappa shape index (κ2) is 19.4. The van der Waals surface area contributed by atoms with Gasteiger partial charge in [-0.25, -0.2) is 0 Å². The van der Waals surface area contributed by atoms with Crippen LogP contribution in [-0.2, 0) is 44.9 Å². The number of nitriles is 6. The Balaban J connectivity index is 0.000000276. The van der Waals surface area contributed by atoms with E-state index >= 15 is 0 Å². The minimum Gasteiger partial charge on any atom is -0.0622 e. The van der Waals surface area contributed by atoms with Gasteiger partial charge in [0, 0.05) is 11.8 Å². The molecule has 0 saturated carbocycles. The van der Waals surface area contributed by atoms with Crippen molar-refractivity contribution in [2.75, 3.05) is 0 Å². The largest absolute Gasteiger partial charge is 2.00 e. The van der Waals surface area contributed by atoms with Crippen molar-refractivity contribution in [2.45, 2.75) is 11.8 Å². The predicted molar refractivity (Wildman–Crippen MR) is 194 cm³/mol. The smallest absolute Gasteiger partial charge is 0.0622 e. The summed E-state index contributed by atoms with van der Waals surface area (Å²) < 4.78 is 0. The van der Waals surface area contributed by atoms with Gasteiger partial charge in [0.05, 0.1) is 0 Å². The average molecular weight is 828 g/mol. The van der Waals surface area contributed by atoms with Gasteiger partial charge in [0.2, 0.25) is 0 Å². The summed E-state index contributed by atoms with van der Waals surface area (Å²) >= 11 is 0. The third-order valence-electron chi connectivity index (χ3n) is 7.98. The molecule has 0 atom stereocenters. The molecule has 6 aromatic rings. The van der Waals surface area contributed by atoms with E-state index in [1.54, 1.807) is 0 Å². The van der Waals surface area contributed by atoms with Crippen LogP contribution < -0.4 is 0 Å². The predicted octanol–water partition coefficient (Wildman–Crippen LogP) is 9.83. The monoisotopic (exact) mass is 826 g/mol. The molecule has 0 amide bonds. The number of hydrogen-bond acceptors (Lipinski definition) is 6. The van der Waals surface area contributed by atoms with Gasteiger partial charge >= 0.3 is 106 Å². The maximum absolute atomic E-state index is 8.58. The number of nitrogens with zero attached hydrogens (tertiary/aromatic N) is 6. The Hall–Kier alpha value is -6.18. The van der Waals surface area contributed by atoms with E-state index in [0.717, 1.165) is 29.8 Å². The van der Waals surface area contributed by atoms with Gasteiger partial charge in [-0.2, -0.15) is 0 Å². The van der Waals surface area contributed by atoms with Crippen LogP contribution >= 0.6 is 0 Å². The van der Waals surface area contributed by atoms with Gasteiger partial charge in [-0.3, -0.25) is 0 Å². The molecule has 9 heteroatoms. The molecular weight excluding hydrogens is 795 g/mol. The van der Waals surface area contributed by atoms with E-state index in [1.807, 2.05) is 0 Å². The summed E-state index contributed by atoms with van der Waals surface area (Å²) in [6, 6.07) is 64.0. The van der Waals surface area contributed by atoms with Crippen LogP contribution in [0.2, 0.25) is 0 Å². The summed E-state index contributed by atoms with van der Waals surface area (Å²) in [6.45, 7) is 0. The average Bonchev–Trinajstić information content (AvgIpc) is 3.23. The summed E-state index contributed by atoms with van der Waals surface area (Å²) in [5.74, 6) is 0.618. The molecule has 0 spiro atoms. The molecule has 0 aromatic heterocycles. The van der Waals surface area contributed by atoms with Crippen LogP contribution in [0.15, 0.2) is 182 Å². The summed E-state index contributed by atoms with van der Waals surface area (Å²) in [7, 11) is -6.17. The molecule has 0 heterocycles. The quantitative estimate of drug-likeness (QED) is 0.121. The van der Waals surface area contributed by atoms with E-state index in [0.29, 0.717) is 11.8 Å². The zero-order valence-corrected chi connectivity index (χ0v) is 31.1. The van der Waals surface area contributed by atoms with Crippen LogP contribution in [0.5, 0.6) is 0 Å². The molecule has 0 fully saturated rings. The first-order valence-electron chi connectivity index (χ1n) is 15.6. The van der Waals surface area contributed by atoms with E-state index in [4.69, 9.17) is 31.6 Å². The molecule has 268 valence electrons. The molecule has 0 aliphatic heterocycles. The van der Waals surface area contributed by atoms with Crippen LogP contribution in [0.1, 0.15) is 45.2 Å². The van der Waals surface area contributed by atoms with Crippen molar-refractivity contribution in [3.05, 3.63) is 215 Å². The molecule has 0 unspecified atom stereocenters. The first-order chi connectivity index (χ1) is 24.9. The van der Waals surface area contributed by atoms with Gasteiger partial charge in [0.25, 0.3) is 0 Å². The van der Waals surface area contributed by atoms with Crippen LogP contribution in [0.3, 0.4) is 0 Å². The Morgan fingerprint density at radius 3 is 0.491 bits per heavy atom. The van der Waals surface area contributed by atoms with Crippen molar-refractivity contribution < 1.29 is 44.9 Å². The van der Waals surface area contributed by atoms with Gasteiger partial charge in [-0.1, -0.05) is 182 Å². The zero-order chi connectivity index (χ0) is 36.5. The van der Waals surface area contributed by atoms with Crippen molar-refractivity contribution in [2.24, 2.45) is 0 Å². The van der Waals surface area contributed by atoms with Gasteiger partial charge in [0.15, 0.2) is 0 Å². The first-order valence-corrected chi connectivity index (χ1v) is 18.9. The summed E-state index contributed by atoms with van der Waals surface area (Å²) in [6.07, 6.45) is 0. The number of benzene rings is 6. The molecule has 2 radical (unpaired) electrons. The Morgan fingerprint density at radius 2 is 0.396 bits per heavy atom. The molecule has 6 aromatic carbocycles. The SMILES string of the molecule is N#[C][Fe-4]([C]#N)([C]#N)([C]#N)([C]#N)[C]#N.[Cu+2].[Cu+2].c1ccc(C(c2ccccc2)c2ccccc2)cc1.c1ccc(C(c2ccccc2)c2ccccc2)cc1. The van der Waals surface area contributed by atoms with Crippen LogP contribution in [0.25, 0.3) is 0 Å². The molecule has 0 bridgehead atoms. The molecule has 53 heavy (non-hydrogen) atoms. The molecular formula is C44H32Cu2FeN6. The normalized spacial score (nSPS) is 10.9. The number of rotatable bonds is 6. The van der Waals surface area contributed by atoms with Gasteiger partial charge in [0.1, 0.15) is 0 Å². The minimum atomic E-state index is -6.17. The van der Waals surface area contributed by atoms with E-state index in [1.165, 1.54) is 33.4 Å². The van der Waals surface area contributed by atoms with Crippen molar-refractivity contribution in [3.8, 4) is 29.8 Å². The van der Waals surface area contributed by atoms with E-state index in [-0.39, 0.29) is 34.1 Å². The molecule has 0 N–H and O–H groups in total. The van der Waals surface area contributed by atoms with E-state index in [9.17, 15) is 0 Å². The molecule has 0 aliphatic rings. The number of hydrogen-bond donors (Lipinski definition) is 0. The zero-order valence-electron chi connectivity index (χ0n) is 28.1. The Labute approximate surface area is 331 Å². The van der Waals surface area contributed by atoms with Crippen molar-refractivity contribution in [3.63, 3.8) is 0 Å². The Kier molecular flexibility index (Phi) is 15.8. The fraction of sp³-hybridized carbons (Fsp3) is 0.0455. The molecule has 0 saturated heterocycles. The maximum Gasteiger partial charge on any atom is 2.00 e. The van der Waals surface area contributed by atoms with Gasteiger partial charge in [-0.05, 0) is 33.4 Å². The van der Waals surface area contributed by atoms with Crippen molar-refractivity contribution in [1.82, 2.24) is 0 Å². The fourth-order valence-corrected chi connectivity index (χ4v) is 6.12. The second-order valence-corrected chi connectivity index (χ2v) is 16.8. The molecule has 6 nitrogen and oxygen atoms in total. The third kappa shape index (κ3) is 9.58. The van der Waals surface area contributed by atoms with Crippen LogP contribution in [0, 0.1) is 61.4 Å². The third-order valence-corrected chi connectivity index (χ3v) is 11.7.